The maximum atomic E-state index is 4.18. The van der Waals surface area contributed by atoms with Gasteiger partial charge in [0.2, 0.25) is 0 Å². The Labute approximate surface area is 91.9 Å². The van der Waals surface area contributed by atoms with Crippen LogP contribution in [0.25, 0.3) is 0 Å². The maximum absolute atomic E-state index is 4.18. The first-order chi connectivity index (χ1) is 7.16. The van der Waals surface area contributed by atoms with Crippen molar-refractivity contribution in [1.82, 2.24) is 15.1 Å². The molecule has 1 aromatic rings. The van der Waals surface area contributed by atoms with E-state index in [1.165, 1.54) is 18.4 Å². The molecular weight excluding hydrogens is 186 g/mol. The number of aryl methyl sites for hydroxylation is 1. The minimum Gasteiger partial charge on any atom is -0.309 e. The molecule has 0 bridgehead atoms. The molecule has 1 fully saturated rings. The van der Waals surface area contributed by atoms with E-state index in [9.17, 15) is 0 Å². The van der Waals surface area contributed by atoms with E-state index in [1.54, 1.807) is 0 Å². The molecule has 1 aromatic heterocycles. The molecule has 2 rings (SSSR count). The van der Waals surface area contributed by atoms with Crippen LogP contribution in [-0.2, 0) is 13.6 Å². The van der Waals surface area contributed by atoms with Crippen molar-refractivity contribution in [3.63, 3.8) is 0 Å². The van der Waals surface area contributed by atoms with Gasteiger partial charge >= 0.3 is 0 Å². The van der Waals surface area contributed by atoms with E-state index in [0.29, 0.717) is 6.04 Å². The molecule has 0 radical (unpaired) electrons. The smallest absolute Gasteiger partial charge is 0.0534 e. The van der Waals surface area contributed by atoms with Gasteiger partial charge in [-0.25, -0.2) is 0 Å². The third-order valence-electron chi connectivity index (χ3n) is 3.15. The Hall–Kier alpha value is -0.830. The predicted octanol–water partition coefficient (Wildman–Crippen LogP) is 1.94. The van der Waals surface area contributed by atoms with Gasteiger partial charge < -0.3 is 5.32 Å². The average Bonchev–Trinajstić information content (AvgIpc) is 2.90. The molecule has 1 unspecified atom stereocenters. The summed E-state index contributed by atoms with van der Waals surface area (Å²) >= 11 is 0. The summed E-state index contributed by atoms with van der Waals surface area (Å²) in [4.78, 5) is 0. The lowest BCUT2D eigenvalue weighted by Crippen LogP contribution is -2.35. The number of hydrogen-bond acceptors (Lipinski definition) is 2. The first-order valence-corrected chi connectivity index (χ1v) is 5.87. The summed E-state index contributed by atoms with van der Waals surface area (Å²) in [6, 6.07) is 0.685. The summed E-state index contributed by atoms with van der Waals surface area (Å²) in [6.07, 6.45) is 6.83. The molecule has 1 N–H and O–H groups in total. The molecule has 0 saturated heterocycles. The van der Waals surface area contributed by atoms with Gasteiger partial charge in [0.1, 0.15) is 0 Å². The largest absolute Gasteiger partial charge is 0.309 e. The average molecular weight is 207 g/mol. The van der Waals surface area contributed by atoms with Crippen LogP contribution in [0.4, 0.5) is 0 Å². The van der Waals surface area contributed by atoms with Crippen LogP contribution >= 0.6 is 0 Å². The maximum Gasteiger partial charge on any atom is 0.0534 e. The van der Waals surface area contributed by atoms with Gasteiger partial charge in [-0.3, -0.25) is 4.68 Å². The molecule has 3 nitrogen and oxygen atoms in total. The van der Waals surface area contributed by atoms with E-state index in [-0.39, 0.29) is 0 Å². The van der Waals surface area contributed by atoms with E-state index < -0.39 is 0 Å². The van der Waals surface area contributed by atoms with E-state index in [1.807, 2.05) is 17.9 Å². The summed E-state index contributed by atoms with van der Waals surface area (Å²) in [7, 11) is 1.96. The lowest BCUT2D eigenvalue weighted by atomic mass is 9.99. The quantitative estimate of drug-likeness (QED) is 0.799. The van der Waals surface area contributed by atoms with Crippen LogP contribution in [-0.4, -0.2) is 15.8 Å². The van der Waals surface area contributed by atoms with Gasteiger partial charge in [-0.05, 0) is 24.7 Å². The molecule has 1 aliphatic rings. The van der Waals surface area contributed by atoms with Crippen molar-refractivity contribution in [2.24, 2.45) is 18.9 Å². The Kier molecular flexibility index (Phi) is 3.10. The highest BCUT2D eigenvalue weighted by Gasteiger charge is 2.32. The van der Waals surface area contributed by atoms with Crippen LogP contribution in [0, 0.1) is 11.8 Å². The minimum atomic E-state index is 0.685. The second kappa shape index (κ2) is 4.35. The highest BCUT2D eigenvalue weighted by atomic mass is 15.2. The van der Waals surface area contributed by atoms with E-state index >= 15 is 0 Å². The zero-order valence-corrected chi connectivity index (χ0v) is 9.90. The monoisotopic (exact) mass is 207 g/mol. The van der Waals surface area contributed by atoms with Gasteiger partial charge in [0.05, 0.1) is 6.20 Å². The summed E-state index contributed by atoms with van der Waals surface area (Å²) < 4.78 is 1.86. The SMILES string of the molecule is CC(C)C(NCc1cnn(C)c1)C1CC1. The number of rotatable bonds is 5. The fourth-order valence-corrected chi connectivity index (χ4v) is 2.20. The Morgan fingerprint density at radius 1 is 1.53 bits per heavy atom. The fourth-order valence-electron chi connectivity index (χ4n) is 2.20. The third-order valence-corrected chi connectivity index (χ3v) is 3.15. The van der Waals surface area contributed by atoms with Crippen molar-refractivity contribution in [1.29, 1.82) is 0 Å². The molecule has 1 aliphatic carbocycles. The molecule has 0 aliphatic heterocycles. The number of aromatic nitrogens is 2. The molecule has 1 saturated carbocycles. The van der Waals surface area contributed by atoms with Gasteiger partial charge in [-0.15, -0.1) is 0 Å². The second-order valence-electron chi connectivity index (χ2n) is 5.01. The topological polar surface area (TPSA) is 29.9 Å². The van der Waals surface area contributed by atoms with Gasteiger partial charge in [0.25, 0.3) is 0 Å². The number of hydrogen-bond donors (Lipinski definition) is 1. The Balaban J connectivity index is 1.85. The van der Waals surface area contributed by atoms with Crippen molar-refractivity contribution in [3.05, 3.63) is 18.0 Å². The summed E-state index contributed by atoms with van der Waals surface area (Å²) in [6.45, 7) is 5.56. The summed E-state index contributed by atoms with van der Waals surface area (Å²) in [5, 5.41) is 7.83. The van der Waals surface area contributed by atoms with E-state index in [4.69, 9.17) is 0 Å². The first kappa shape index (κ1) is 10.7. The third kappa shape index (κ3) is 2.81. The molecular formula is C12H21N3. The van der Waals surface area contributed by atoms with E-state index in [2.05, 4.69) is 30.5 Å². The lowest BCUT2D eigenvalue weighted by Gasteiger charge is -2.21. The summed E-state index contributed by atoms with van der Waals surface area (Å²) in [5.41, 5.74) is 1.28. The fraction of sp³-hybridized carbons (Fsp3) is 0.750. The van der Waals surface area contributed by atoms with Crippen LogP contribution in [0.5, 0.6) is 0 Å². The van der Waals surface area contributed by atoms with Gasteiger partial charge in [0, 0.05) is 31.4 Å². The predicted molar refractivity (Wildman–Crippen MR) is 61.4 cm³/mol. The highest BCUT2D eigenvalue weighted by Crippen LogP contribution is 2.35. The van der Waals surface area contributed by atoms with Crippen molar-refractivity contribution in [2.75, 3.05) is 0 Å². The van der Waals surface area contributed by atoms with Gasteiger partial charge in [-0.1, -0.05) is 13.8 Å². The molecule has 3 heteroatoms. The van der Waals surface area contributed by atoms with Crippen molar-refractivity contribution in [2.45, 2.75) is 39.3 Å². The zero-order valence-electron chi connectivity index (χ0n) is 9.90. The molecule has 1 atom stereocenters. The van der Waals surface area contributed by atoms with Crippen LogP contribution in [0.15, 0.2) is 12.4 Å². The number of nitrogens with one attached hydrogen (secondary N) is 1. The summed E-state index contributed by atoms with van der Waals surface area (Å²) in [5.74, 6) is 1.65. The number of nitrogens with zero attached hydrogens (tertiary/aromatic N) is 2. The lowest BCUT2D eigenvalue weighted by molar-refractivity contribution is 0.359. The van der Waals surface area contributed by atoms with Crippen LogP contribution < -0.4 is 5.32 Å². The molecule has 15 heavy (non-hydrogen) atoms. The highest BCUT2D eigenvalue weighted by molar-refractivity contribution is 5.04. The zero-order chi connectivity index (χ0) is 10.8. The standard InChI is InChI=1S/C12H21N3/c1-9(2)12(11-4-5-11)13-6-10-7-14-15(3)8-10/h7-9,11-13H,4-6H2,1-3H3. The van der Waals surface area contributed by atoms with Gasteiger partial charge in [-0.2, -0.15) is 5.10 Å². The van der Waals surface area contributed by atoms with Crippen molar-refractivity contribution < 1.29 is 0 Å². The van der Waals surface area contributed by atoms with Crippen molar-refractivity contribution in [3.8, 4) is 0 Å². The van der Waals surface area contributed by atoms with Crippen LogP contribution in [0.1, 0.15) is 32.3 Å². The first-order valence-electron chi connectivity index (χ1n) is 5.87. The Bertz CT molecular complexity index is 310. The molecule has 0 amide bonds. The van der Waals surface area contributed by atoms with Crippen molar-refractivity contribution >= 4 is 0 Å². The Morgan fingerprint density at radius 2 is 2.27 bits per heavy atom. The Morgan fingerprint density at radius 3 is 2.73 bits per heavy atom. The van der Waals surface area contributed by atoms with Crippen LogP contribution in [0.3, 0.4) is 0 Å². The molecule has 0 aromatic carbocycles. The van der Waals surface area contributed by atoms with Crippen LogP contribution in [0.2, 0.25) is 0 Å². The van der Waals surface area contributed by atoms with E-state index in [0.717, 1.165) is 18.4 Å². The normalized spacial score (nSPS) is 18.4. The second-order valence-corrected chi connectivity index (χ2v) is 5.01. The van der Waals surface area contributed by atoms with Gasteiger partial charge in [0.15, 0.2) is 0 Å². The molecule has 0 spiro atoms. The molecule has 1 heterocycles. The minimum absolute atomic E-state index is 0.685. The molecule has 84 valence electrons.